The Hall–Kier alpha value is -4.50. The first-order chi connectivity index (χ1) is 15.2. The van der Waals surface area contributed by atoms with E-state index in [-0.39, 0.29) is 11.4 Å². The van der Waals surface area contributed by atoms with E-state index in [0.29, 0.717) is 22.6 Å². The number of hydrogen-bond donors (Lipinski definition) is 0. The summed E-state index contributed by atoms with van der Waals surface area (Å²) in [5, 5.41) is 14.4. The maximum Gasteiger partial charge on any atom is 0.203 e. The molecule has 0 aliphatic heterocycles. The number of nitriles is 1. The minimum atomic E-state index is -0.380. The average molecular weight is 406 g/mol. The van der Waals surface area contributed by atoms with Crippen molar-refractivity contribution in [3.05, 3.63) is 102 Å². The summed E-state index contributed by atoms with van der Waals surface area (Å²) in [4.78, 5) is 17.0. The topological polar surface area (TPSA) is 80.8 Å². The van der Waals surface area contributed by atoms with Crippen LogP contribution in [0.5, 0.6) is 5.75 Å². The summed E-state index contributed by atoms with van der Waals surface area (Å²) >= 11 is 0. The molecule has 2 heterocycles. The molecular formula is C25H18N4O2. The molecule has 0 spiro atoms. The van der Waals surface area contributed by atoms with Crippen LogP contribution in [-0.2, 0) is 0 Å². The van der Waals surface area contributed by atoms with E-state index in [9.17, 15) is 10.1 Å². The number of benzene rings is 2. The van der Waals surface area contributed by atoms with Crippen molar-refractivity contribution < 1.29 is 9.53 Å². The fourth-order valence-electron chi connectivity index (χ4n) is 3.16. The highest BCUT2D eigenvalue weighted by Crippen LogP contribution is 2.26. The molecule has 0 saturated carbocycles. The van der Waals surface area contributed by atoms with Gasteiger partial charge in [0, 0.05) is 35.3 Å². The Morgan fingerprint density at radius 2 is 1.84 bits per heavy atom. The molecular weight excluding hydrogens is 388 g/mol. The second kappa shape index (κ2) is 8.89. The van der Waals surface area contributed by atoms with Gasteiger partial charge in [-0.15, -0.1) is 0 Å². The van der Waals surface area contributed by atoms with Crippen LogP contribution in [0, 0.1) is 11.3 Å². The lowest BCUT2D eigenvalue weighted by atomic mass is 10.0. The van der Waals surface area contributed by atoms with Gasteiger partial charge in [-0.1, -0.05) is 30.3 Å². The maximum atomic E-state index is 13.0. The quantitative estimate of drug-likeness (QED) is 0.263. The van der Waals surface area contributed by atoms with Crippen molar-refractivity contribution in [2.24, 2.45) is 0 Å². The first kappa shape index (κ1) is 19.8. The van der Waals surface area contributed by atoms with Crippen molar-refractivity contribution in [1.29, 1.82) is 5.26 Å². The summed E-state index contributed by atoms with van der Waals surface area (Å²) < 4.78 is 6.92. The fourth-order valence-corrected chi connectivity index (χ4v) is 3.16. The van der Waals surface area contributed by atoms with Gasteiger partial charge in [-0.3, -0.25) is 9.78 Å². The molecule has 4 aromatic rings. The Kier molecular flexibility index (Phi) is 5.68. The first-order valence-electron chi connectivity index (χ1n) is 9.55. The number of ketones is 1. The molecule has 0 radical (unpaired) electrons. The lowest BCUT2D eigenvalue weighted by Crippen LogP contribution is -2.02. The van der Waals surface area contributed by atoms with Crippen LogP contribution in [0.15, 0.2) is 90.9 Å². The first-order valence-corrected chi connectivity index (χ1v) is 9.55. The monoisotopic (exact) mass is 406 g/mol. The maximum absolute atomic E-state index is 13.0. The molecule has 150 valence electrons. The molecule has 0 saturated heterocycles. The molecule has 31 heavy (non-hydrogen) atoms. The summed E-state index contributed by atoms with van der Waals surface area (Å²) in [7, 11) is 1.53. The van der Waals surface area contributed by atoms with E-state index in [1.165, 1.54) is 7.11 Å². The third-order valence-electron chi connectivity index (χ3n) is 4.71. The van der Waals surface area contributed by atoms with E-state index in [2.05, 4.69) is 4.98 Å². The van der Waals surface area contributed by atoms with Crippen molar-refractivity contribution in [2.45, 2.75) is 0 Å². The van der Waals surface area contributed by atoms with Crippen LogP contribution in [-0.4, -0.2) is 27.7 Å². The highest BCUT2D eigenvalue weighted by atomic mass is 16.5. The van der Waals surface area contributed by atoms with Gasteiger partial charge in [0.1, 0.15) is 23.1 Å². The van der Waals surface area contributed by atoms with Gasteiger partial charge in [-0.2, -0.15) is 10.4 Å². The Morgan fingerprint density at radius 1 is 1.06 bits per heavy atom. The average Bonchev–Trinajstić information content (AvgIpc) is 3.27. The number of hydrogen-bond acceptors (Lipinski definition) is 5. The minimum Gasteiger partial charge on any atom is -0.497 e. The molecule has 0 unspecified atom stereocenters. The molecule has 4 rings (SSSR count). The van der Waals surface area contributed by atoms with E-state index in [1.54, 1.807) is 53.6 Å². The number of rotatable bonds is 6. The summed E-state index contributed by atoms with van der Waals surface area (Å²) in [5.41, 5.74) is 3.40. The van der Waals surface area contributed by atoms with E-state index in [0.717, 1.165) is 11.3 Å². The van der Waals surface area contributed by atoms with E-state index in [1.807, 2.05) is 48.5 Å². The molecule has 2 aromatic carbocycles. The predicted octanol–water partition coefficient (Wildman–Crippen LogP) is 4.73. The molecule has 0 fully saturated rings. The van der Waals surface area contributed by atoms with Gasteiger partial charge in [0.05, 0.1) is 12.8 Å². The molecule has 0 aliphatic carbocycles. The predicted molar refractivity (Wildman–Crippen MR) is 118 cm³/mol. The number of carbonyl (C=O) groups excluding carboxylic acids is 1. The molecule has 0 amide bonds. The second-order valence-corrected chi connectivity index (χ2v) is 6.68. The lowest BCUT2D eigenvalue weighted by Gasteiger charge is -2.03. The second-order valence-electron chi connectivity index (χ2n) is 6.68. The van der Waals surface area contributed by atoms with Crippen LogP contribution in [0.1, 0.15) is 15.9 Å². The van der Waals surface area contributed by atoms with Gasteiger partial charge in [0.2, 0.25) is 5.78 Å². The fraction of sp³-hybridized carbons (Fsp3) is 0.0400. The third-order valence-corrected chi connectivity index (χ3v) is 4.71. The van der Waals surface area contributed by atoms with Crippen molar-refractivity contribution in [3.8, 4) is 28.8 Å². The van der Waals surface area contributed by atoms with E-state index < -0.39 is 0 Å². The largest absolute Gasteiger partial charge is 0.497 e. The molecule has 6 heteroatoms. The molecule has 0 N–H and O–H groups in total. The number of Topliss-reactive ketones (excluding diaryl/α,β-unsaturated/α-hetero) is 1. The summed E-state index contributed by atoms with van der Waals surface area (Å²) in [6.45, 7) is 0. The number of nitrogens with zero attached hydrogens (tertiary/aromatic N) is 4. The molecule has 0 atom stereocenters. The Bertz CT molecular complexity index is 1290. The molecule has 2 aromatic heterocycles. The number of ether oxygens (including phenoxy) is 1. The van der Waals surface area contributed by atoms with Gasteiger partial charge in [0.15, 0.2) is 0 Å². The van der Waals surface area contributed by atoms with Crippen LogP contribution in [0.2, 0.25) is 0 Å². The van der Waals surface area contributed by atoms with Crippen LogP contribution < -0.4 is 4.74 Å². The Morgan fingerprint density at radius 3 is 2.55 bits per heavy atom. The summed E-state index contributed by atoms with van der Waals surface area (Å²) in [5.74, 6) is 0.173. The smallest absolute Gasteiger partial charge is 0.203 e. The molecule has 0 aliphatic rings. The Labute approximate surface area is 179 Å². The highest BCUT2D eigenvalue weighted by Gasteiger charge is 2.17. The number of pyridine rings is 1. The highest BCUT2D eigenvalue weighted by molar-refractivity contribution is 6.14. The van der Waals surface area contributed by atoms with Crippen LogP contribution in [0.4, 0.5) is 0 Å². The normalized spacial score (nSPS) is 11.0. The third kappa shape index (κ3) is 4.26. The van der Waals surface area contributed by atoms with Crippen LogP contribution in [0.3, 0.4) is 0 Å². The zero-order chi connectivity index (χ0) is 21.6. The zero-order valence-corrected chi connectivity index (χ0v) is 16.8. The number of aromatic nitrogens is 3. The van der Waals surface area contributed by atoms with E-state index in [4.69, 9.17) is 9.84 Å². The summed E-state index contributed by atoms with van der Waals surface area (Å²) in [6.07, 6.45) is 6.74. The number of allylic oxidation sites excluding steroid dienone is 1. The lowest BCUT2D eigenvalue weighted by molar-refractivity contribution is 0.103. The minimum absolute atomic E-state index is 0.0103. The number of carbonyl (C=O) groups is 1. The van der Waals surface area contributed by atoms with Gasteiger partial charge in [-0.05, 0) is 42.5 Å². The molecule has 6 nitrogen and oxygen atoms in total. The number of methoxy groups -OCH3 is 1. The van der Waals surface area contributed by atoms with Gasteiger partial charge in [0.25, 0.3) is 0 Å². The van der Waals surface area contributed by atoms with Crippen molar-refractivity contribution in [2.75, 3.05) is 7.11 Å². The van der Waals surface area contributed by atoms with Gasteiger partial charge >= 0.3 is 0 Å². The van der Waals surface area contributed by atoms with Crippen LogP contribution in [0.25, 0.3) is 23.0 Å². The standard InChI is InChI=1S/C25H18N4O2/c1-31-23-9-5-6-19(15-23)25(30)20(16-26)14-21-17-29(22-7-3-2-4-8-22)28-24(21)18-10-12-27-13-11-18/h2-15,17H,1H3/b20-14+. The Balaban J connectivity index is 1.81. The van der Waals surface area contributed by atoms with E-state index >= 15 is 0 Å². The van der Waals surface area contributed by atoms with Gasteiger partial charge < -0.3 is 4.74 Å². The van der Waals surface area contributed by atoms with Crippen molar-refractivity contribution >= 4 is 11.9 Å². The SMILES string of the molecule is COc1cccc(C(=O)/C(C#N)=C/c2cn(-c3ccccc3)nc2-c2ccncc2)c1. The summed E-state index contributed by atoms with van der Waals surface area (Å²) in [6, 6.07) is 22.1. The van der Waals surface area contributed by atoms with Crippen LogP contribution >= 0.6 is 0 Å². The van der Waals surface area contributed by atoms with Crippen molar-refractivity contribution in [3.63, 3.8) is 0 Å². The number of para-hydroxylation sites is 1. The van der Waals surface area contributed by atoms with Crippen molar-refractivity contribution in [1.82, 2.24) is 14.8 Å². The molecule has 0 bridgehead atoms. The van der Waals surface area contributed by atoms with Gasteiger partial charge in [-0.25, -0.2) is 4.68 Å². The zero-order valence-electron chi connectivity index (χ0n) is 16.8.